The molecule has 4 nitrogen and oxygen atoms in total. The zero-order valence-corrected chi connectivity index (χ0v) is 16.5. The molecule has 1 aromatic carbocycles. The Morgan fingerprint density at radius 2 is 1.18 bits per heavy atom. The maximum atomic E-state index is 13.6. The van der Waals surface area contributed by atoms with Crippen LogP contribution in [-0.2, 0) is 25.6 Å². The van der Waals surface area contributed by atoms with Crippen LogP contribution in [0.4, 0.5) is 22.0 Å². The number of rotatable bonds is 13. The summed E-state index contributed by atoms with van der Waals surface area (Å²) in [6.07, 6.45) is 0.961. The lowest BCUT2D eigenvalue weighted by molar-refractivity contribution is -0.400. The third-order valence-corrected chi connectivity index (χ3v) is 4.11. The van der Waals surface area contributed by atoms with Crippen molar-refractivity contribution in [1.82, 2.24) is 0 Å². The van der Waals surface area contributed by atoms with Gasteiger partial charge < -0.3 is 18.9 Å². The number of benzene rings is 1. The van der Waals surface area contributed by atoms with E-state index in [1.54, 1.807) is 0 Å². The van der Waals surface area contributed by atoms with Gasteiger partial charge in [0.05, 0.1) is 12.2 Å². The van der Waals surface area contributed by atoms with E-state index in [2.05, 4.69) is 0 Å². The minimum Gasteiger partial charge on any atom is -0.377 e. The molecule has 1 aromatic rings. The normalized spacial score (nSPS) is 13.2. The summed E-state index contributed by atoms with van der Waals surface area (Å²) >= 11 is 0. The van der Waals surface area contributed by atoms with Gasteiger partial charge in [0.15, 0.2) is 23.3 Å². The largest absolute Gasteiger partial charge is 0.377 e. The molecule has 162 valence electrons. The Balaban J connectivity index is 2.63. The van der Waals surface area contributed by atoms with Gasteiger partial charge >= 0.3 is 0 Å². The van der Waals surface area contributed by atoms with E-state index in [0.717, 1.165) is 0 Å². The smallest absolute Gasteiger partial charge is 0.285 e. The fourth-order valence-electron chi connectivity index (χ4n) is 2.78. The Hall–Kier alpha value is -1.29. The van der Waals surface area contributed by atoms with E-state index in [-0.39, 0.29) is 12.5 Å². The highest BCUT2D eigenvalue weighted by atomic mass is 19.2. The summed E-state index contributed by atoms with van der Waals surface area (Å²) in [7, 11) is 0. The molecule has 0 saturated carbocycles. The Labute approximate surface area is 161 Å². The number of hydrogen-bond acceptors (Lipinski definition) is 4. The second-order valence-electron chi connectivity index (χ2n) is 6.05. The Morgan fingerprint density at radius 3 is 1.61 bits per heavy atom. The highest BCUT2D eigenvalue weighted by Crippen LogP contribution is 2.29. The molecule has 1 rings (SSSR count). The van der Waals surface area contributed by atoms with Crippen LogP contribution in [-0.4, -0.2) is 32.4 Å². The fourth-order valence-corrected chi connectivity index (χ4v) is 2.78. The lowest BCUT2D eigenvalue weighted by Gasteiger charge is -2.37. The fraction of sp³-hybridized carbons (Fsp3) is 0.684. The summed E-state index contributed by atoms with van der Waals surface area (Å²) in [6.45, 7) is 7.75. The first kappa shape index (κ1) is 24.7. The van der Waals surface area contributed by atoms with Crippen LogP contribution < -0.4 is 0 Å². The molecule has 0 aliphatic heterocycles. The van der Waals surface area contributed by atoms with E-state index >= 15 is 0 Å². The summed E-state index contributed by atoms with van der Waals surface area (Å²) in [5.41, 5.74) is -0.989. The first-order valence-electron chi connectivity index (χ1n) is 9.25. The van der Waals surface area contributed by atoms with Gasteiger partial charge in [-0.15, -0.1) is 0 Å². The molecule has 0 spiro atoms. The van der Waals surface area contributed by atoms with E-state index in [1.807, 2.05) is 27.7 Å². The van der Waals surface area contributed by atoms with Crippen molar-refractivity contribution in [2.24, 2.45) is 5.92 Å². The molecule has 0 aliphatic carbocycles. The molecule has 28 heavy (non-hydrogen) atoms. The van der Waals surface area contributed by atoms with Gasteiger partial charge in [-0.2, -0.15) is 0 Å². The Bertz CT molecular complexity index is 581. The molecular formula is C19H27F5O4. The van der Waals surface area contributed by atoms with Crippen molar-refractivity contribution in [3.05, 3.63) is 34.6 Å². The summed E-state index contributed by atoms with van der Waals surface area (Å²) < 4.78 is 88.7. The Kier molecular flexibility index (Phi) is 10.3. The molecule has 0 bridgehead atoms. The molecule has 0 fully saturated rings. The predicted octanol–water partition coefficient (Wildman–Crippen LogP) is 5.08. The van der Waals surface area contributed by atoms with Crippen LogP contribution in [0.2, 0.25) is 0 Å². The van der Waals surface area contributed by atoms with Crippen molar-refractivity contribution in [2.45, 2.75) is 53.1 Å². The van der Waals surface area contributed by atoms with E-state index in [0.29, 0.717) is 32.7 Å². The topological polar surface area (TPSA) is 36.9 Å². The van der Waals surface area contributed by atoms with Gasteiger partial charge in [0.2, 0.25) is 5.82 Å². The SMILES string of the molecule is CCOC(OCC)(OCC)C(C)CCCOCc1c(F)c(F)c(F)c(F)c1F. The minimum atomic E-state index is -2.19. The van der Waals surface area contributed by atoms with Crippen LogP contribution in [0.25, 0.3) is 0 Å². The molecule has 1 unspecified atom stereocenters. The maximum Gasteiger partial charge on any atom is 0.285 e. The summed E-state index contributed by atoms with van der Waals surface area (Å²) in [4.78, 5) is 0. The summed E-state index contributed by atoms with van der Waals surface area (Å²) in [6, 6.07) is 0. The second kappa shape index (κ2) is 11.6. The van der Waals surface area contributed by atoms with Crippen LogP contribution in [0.1, 0.15) is 46.1 Å². The minimum absolute atomic E-state index is 0.0459. The zero-order valence-electron chi connectivity index (χ0n) is 16.5. The van der Waals surface area contributed by atoms with Crippen molar-refractivity contribution < 1.29 is 40.9 Å². The summed E-state index contributed by atoms with van der Waals surface area (Å²) in [5, 5.41) is 0. The van der Waals surface area contributed by atoms with Gasteiger partial charge in [-0.05, 0) is 33.6 Å². The quantitative estimate of drug-likeness (QED) is 0.148. The van der Waals surface area contributed by atoms with E-state index in [9.17, 15) is 22.0 Å². The molecule has 0 amide bonds. The first-order valence-corrected chi connectivity index (χ1v) is 9.25. The second-order valence-corrected chi connectivity index (χ2v) is 6.05. The molecule has 0 N–H and O–H groups in total. The highest BCUT2D eigenvalue weighted by Gasteiger charge is 2.39. The van der Waals surface area contributed by atoms with Crippen LogP contribution in [0, 0.1) is 35.0 Å². The lowest BCUT2D eigenvalue weighted by atomic mass is 10.0. The van der Waals surface area contributed by atoms with Crippen LogP contribution >= 0.6 is 0 Å². The lowest BCUT2D eigenvalue weighted by Crippen LogP contribution is -2.45. The molecular weight excluding hydrogens is 387 g/mol. The van der Waals surface area contributed by atoms with E-state index in [1.165, 1.54) is 0 Å². The molecule has 0 saturated heterocycles. The van der Waals surface area contributed by atoms with Crippen LogP contribution in [0.3, 0.4) is 0 Å². The van der Waals surface area contributed by atoms with Gasteiger partial charge in [-0.1, -0.05) is 6.92 Å². The van der Waals surface area contributed by atoms with Crippen molar-refractivity contribution in [1.29, 1.82) is 0 Å². The van der Waals surface area contributed by atoms with Crippen LogP contribution in [0.5, 0.6) is 0 Å². The van der Waals surface area contributed by atoms with Crippen molar-refractivity contribution in [2.75, 3.05) is 26.4 Å². The monoisotopic (exact) mass is 414 g/mol. The predicted molar refractivity (Wildman–Crippen MR) is 91.9 cm³/mol. The third kappa shape index (κ3) is 5.85. The van der Waals surface area contributed by atoms with Crippen molar-refractivity contribution in [3.63, 3.8) is 0 Å². The van der Waals surface area contributed by atoms with Crippen molar-refractivity contribution >= 4 is 0 Å². The average Bonchev–Trinajstić information content (AvgIpc) is 2.67. The summed E-state index contributed by atoms with van der Waals surface area (Å²) in [5.74, 6) is -11.3. The maximum absolute atomic E-state index is 13.6. The molecule has 0 heterocycles. The van der Waals surface area contributed by atoms with Gasteiger partial charge in [-0.25, -0.2) is 22.0 Å². The van der Waals surface area contributed by atoms with Gasteiger partial charge in [0.25, 0.3) is 5.97 Å². The molecule has 0 aromatic heterocycles. The van der Waals surface area contributed by atoms with E-state index < -0.39 is 47.2 Å². The standard InChI is InChI=1S/C19H27F5O4/c1-5-26-19(27-6-2,28-7-3)12(4)9-8-10-25-11-13-14(20)16(22)18(24)17(23)15(13)21/h12H,5-11H2,1-4H3. The van der Waals surface area contributed by atoms with E-state index in [4.69, 9.17) is 18.9 Å². The van der Waals surface area contributed by atoms with Crippen molar-refractivity contribution in [3.8, 4) is 0 Å². The zero-order chi connectivity index (χ0) is 21.3. The van der Waals surface area contributed by atoms with Gasteiger partial charge in [0.1, 0.15) is 0 Å². The number of hydrogen-bond donors (Lipinski definition) is 0. The van der Waals surface area contributed by atoms with Crippen LogP contribution in [0.15, 0.2) is 0 Å². The highest BCUT2D eigenvalue weighted by molar-refractivity contribution is 5.23. The third-order valence-electron chi connectivity index (χ3n) is 4.11. The molecule has 0 aliphatic rings. The van der Waals surface area contributed by atoms with Gasteiger partial charge in [-0.3, -0.25) is 0 Å². The molecule has 0 radical (unpaired) electrons. The van der Waals surface area contributed by atoms with Gasteiger partial charge in [0, 0.05) is 32.3 Å². The average molecular weight is 414 g/mol. The molecule has 9 heteroatoms. The molecule has 1 atom stereocenters. The number of halogens is 5. The Morgan fingerprint density at radius 1 is 0.750 bits per heavy atom. The first-order chi connectivity index (χ1) is 13.3. The number of ether oxygens (including phenoxy) is 4.